The van der Waals surface area contributed by atoms with Gasteiger partial charge in [0.1, 0.15) is 18.1 Å². The van der Waals surface area contributed by atoms with Gasteiger partial charge in [0.2, 0.25) is 15.9 Å². The zero-order chi connectivity index (χ0) is 20.7. The molecule has 0 atom stereocenters. The average molecular weight is 407 g/mol. The Kier molecular flexibility index (Phi) is 7.42. The Morgan fingerprint density at radius 3 is 2.43 bits per heavy atom. The third-order valence-electron chi connectivity index (χ3n) is 4.37. The van der Waals surface area contributed by atoms with Gasteiger partial charge in [-0.2, -0.15) is 4.31 Å². The quantitative estimate of drug-likeness (QED) is 0.645. The molecule has 7 nitrogen and oxygen atoms in total. The Balaban J connectivity index is 1.83. The van der Waals surface area contributed by atoms with Gasteiger partial charge >= 0.3 is 0 Å². The van der Waals surface area contributed by atoms with Crippen LogP contribution in [0.5, 0.6) is 11.5 Å². The molecule has 1 N–H and O–H groups in total. The number of hydrogen-bond donors (Lipinski definition) is 1. The number of rotatable bonds is 9. The maximum absolute atomic E-state index is 12.5. The monoisotopic (exact) mass is 406 g/mol. The first-order valence-electron chi connectivity index (χ1n) is 8.82. The molecule has 0 aliphatic heterocycles. The van der Waals surface area contributed by atoms with E-state index in [1.165, 1.54) is 26.3 Å². The van der Waals surface area contributed by atoms with E-state index >= 15 is 0 Å². The Hall–Kier alpha value is -2.58. The first-order chi connectivity index (χ1) is 13.3. The highest BCUT2D eigenvalue weighted by molar-refractivity contribution is 7.89. The minimum absolute atomic E-state index is 0.0989. The lowest BCUT2D eigenvalue weighted by molar-refractivity contribution is -0.121. The van der Waals surface area contributed by atoms with Gasteiger partial charge in [-0.15, -0.1) is 0 Å². The third-order valence-corrected chi connectivity index (χ3v) is 6.19. The zero-order valence-electron chi connectivity index (χ0n) is 16.6. The summed E-state index contributed by atoms with van der Waals surface area (Å²) in [4.78, 5) is 12.2. The van der Waals surface area contributed by atoms with E-state index in [-0.39, 0.29) is 18.0 Å². The lowest BCUT2D eigenvalue weighted by Gasteiger charge is -2.17. The maximum Gasteiger partial charge on any atom is 0.243 e. The number of aryl methyl sites for hydroxylation is 1. The standard InChI is InChI=1S/C20H26N2O5S/c1-15-6-5-7-19(16(15)2)27-13-12-21-20(23)14-22(3)28(24,25)18-10-8-17(26-4)9-11-18/h5-11H,12-14H2,1-4H3,(H,21,23). The number of amides is 1. The van der Waals surface area contributed by atoms with Gasteiger partial charge in [0.25, 0.3) is 0 Å². The van der Waals surface area contributed by atoms with Crippen LogP contribution in [0.1, 0.15) is 11.1 Å². The van der Waals surface area contributed by atoms with Crippen molar-refractivity contribution in [2.45, 2.75) is 18.7 Å². The second-order valence-corrected chi connectivity index (χ2v) is 8.38. The fourth-order valence-corrected chi connectivity index (χ4v) is 3.63. The molecular formula is C20H26N2O5S. The van der Waals surface area contributed by atoms with Crippen molar-refractivity contribution in [1.29, 1.82) is 0 Å². The van der Waals surface area contributed by atoms with E-state index in [1.807, 2.05) is 32.0 Å². The van der Waals surface area contributed by atoms with Crippen LogP contribution in [0.15, 0.2) is 47.4 Å². The molecule has 0 aromatic heterocycles. The predicted molar refractivity (Wildman–Crippen MR) is 107 cm³/mol. The third kappa shape index (κ3) is 5.46. The van der Waals surface area contributed by atoms with Crippen LogP contribution >= 0.6 is 0 Å². The van der Waals surface area contributed by atoms with Gasteiger partial charge < -0.3 is 14.8 Å². The first kappa shape index (κ1) is 21.7. The van der Waals surface area contributed by atoms with Gasteiger partial charge in [-0.1, -0.05) is 12.1 Å². The Bertz CT molecular complexity index is 911. The minimum Gasteiger partial charge on any atom is -0.497 e. The van der Waals surface area contributed by atoms with E-state index in [9.17, 15) is 13.2 Å². The molecule has 2 rings (SSSR count). The van der Waals surface area contributed by atoms with Gasteiger partial charge in [-0.05, 0) is 55.3 Å². The van der Waals surface area contributed by atoms with Crippen LogP contribution < -0.4 is 14.8 Å². The number of benzene rings is 2. The van der Waals surface area contributed by atoms with Crippen molar-refractivity contribution in [1.82, 2.24) is 9.62 Å². The molecule has 0 heterocycles. The van der Waals surface area contributed by atoms with Gasteiger partial charge in [0.05, 0.1) is 25.1 Å². The van der Waals surface area contributed by atoms with Crippen molar-refractivity contribution < 1.29 is 22.7 Å². The molecule has 0 saturated heterocycles. The highest BCUT2D eigenvalue weighted by Gasteiger charge is 2.22. The number of nitrogens with one attached hydrogen (secondary N) is 1. The number of carbonyl (C=O) groups excluding carboxylic acids is 1. The molecule has 2 aromatic carbocycles. The summed E-state index contributed by atoms with van der Waals surface area (Å²) in [5, 5.41) is 2.67. The van der Waals surface area contributed by atoms with Gasteiger partial charge in [-0.3, -0.25) is 4.79 Å². The van der Waals surface area contributed by atoms with Crippen molar-refractivity contribution in [2.24, 2.45) is 0 Å². The summed E-state index contributed by atoms with van der Waals surface area (Å²) in [5.41, 5.74) is 2.19. The molecule has 0 aliphatic rings. The maximum atomic E-state index is 12.5. The number of methoxy groups -OCH3 is 1. The van der Waals surface area contributed by atoms with Crippen LogP contribution in [-0.4, -0.2) is 52.5 Å². The molecule has 0 bridgehead atoms. The summed E-state index contributed by atoms with van der Waals surface area (Å²) in [6.07, 6.45) is 0. The molecule has 0 saturated carbocycles. The smallest absolute Gasteiger partial charge is 0.243 e. The molecular weight excluding hydrogens is 380 g/mol. The van der Waals surface area contributed by atoms with Gasteiger partial charge in [0, 0.05) is 7.05 Å². The molecule has 0 radical (unpaired) electrons. The van der Waals surface area contributed by atoms with Crippen LogP contribution in [0, 0.1) is 13.8 Å². The number of carbonyl (C=O) groups is 1. The van der Waals surface area contributed by atoms with Crippen LogP contribution in [0.2, 0.25) is 0 Å². The van der Waals surface area contributed by atoms with E-state index in [0.717, 1.165) is 21.2 Å². The van der Waals surface area contributed by atoms with E-state index in [4.69, 9.17) is 9.47 Å². The number of nitrogens with zero attached hydrogens (tertiary/aromatic N) is 1. The number of hydrogen-bond acceptors (Lipinski definition) is 5. The molecule has 0 aliphatic carbocycles. The van der Waals surface area contributed by atoms with E-state index in [0.29, 0.717) is 12.4 Å². The van der Waals surface area contributed by atoms with E-state index in [2.05, 4.69) is 5.32 Å². The van der Waals surface area contributed by atoms with Gasteiger partial charge in [-0.25, -0.2) is 8.42 Å². The van der Waals surface area contributed by atoms with Crippen molar-refractivity contribution in [3.05, 3.63) is 53.6 Å². The SMILES string of the molecule is COc1ccc(S(=O)(=O)N(C)CC(=O)NCCOc2cccc(C)c2C)cc1. The van der Waals surface area contributed by atoms with Crippen molar-refractivity contribution in [3.63, 3.8) is 0 Å². The zero-order valence-corrected chi connectivity index (χ0v) is 17.4. The van der Waals surface area contributed by atoms with Gasteiger partial charge in [0.15, 0.2) is 0 Å². The van der Waals surface area contributed by atoms with Crippen LogP contribution in [-0.2, 0) is 14.8 Å². The molecule has 152 valence electrons. The number of ether oxygens (including phenoxy) is 2. The molecule has 1 amide bonds. The fraction of sp³-hybridized carbons (Fsp3) is 0.350. The summed E-state index contributed by atoms with van der Waals surface area (Å²) in [5.74, 6) is 0.931. The molecule has 0 unspecified atom stereocenters. The van der Waals surface area contributed by atoms with Crippen LogP contribution in [0.4, 0.5) is 0 Å². The summed E-state index contributed by atoms with van der Waals surface area (Å²) in [6, 6.07) is 11.8. The second kappa shape index (κ2) is 9.57. The molecule has 2 aromatic rings. The Labute approximate surface area is 166 Å². The van der Waals surface area contributed by atoms with Crippen molar-refractivity contribution in [3.8, 4) is 11.5 Å². The lowest BCUT2D eigenvalue weighted by atomic mass is 10.1. The van der Waals surface area contributed by atoms with Crippen molar-refractivity contribution in [2.75, 3.05) is 33.9 Å². The Morgan fingerprint density at radius 2 is 1.79 bits per heavy atom. The highest BCUT2D eigenvalue weighted by atomic mass is 32.2. The summed E-state index contributed by atoms with van der Waals surface area (Å²) < 4.78 is 36.8. The molecule has 0 spiro atoms. The summed E-state index contributed by atoms with van der Waals surface area (Å²) in [7, 11) is -0.887. The fourth-order valence-electron chi connectivity index (χ4n) is 2.50. The molecule has 28 heavy (non-hydrogen) atoms. The lowest BCUT2D eigenvalue weighted by Crippen LogP contribution is -2.39. The second-order valence-electron chi connectivity index (χ2n) is 6.33. The number of sulfonamides is 1. The summed E-state index contributed by atoms with van der Waals surface area (Å²) in [6.45, 7) is 4.27. The van der Waals surface area contributed by atoms with Crippen LogP contribution in [0.3, 0.4) is 0 Å². The minimum atomic E-state index is -3.76. The highest BCUT2D eigenvalue weighted by Crippen LogP contribution is 2.20. The molecule has 0 fully saturated rings. The Morgan fingerprint density at radius 1 is 1.11 bits per heavy atom. The van der Waals surface area contributed by atoms with Crippen LogP contribution in [0.25, 0.3) is 0 Å². The predicted octanol–water partition coefficient (Wildman–Crippen LogP) is 2.13. The molecule has 8 heteroatoms. The van der Waals surface area contributed by atoms with Crippen molar-refractivity contribution >= 4 is 15.9 Å². The largest absolute Gasteiger partial charge is 0.497 e. The van der Waals surface area contributed by atoms with E-state index in [1.54, 1.807) is 12.1 Å². The van der Waals surface area contributed by atoms with E-state index < -0.39 is 15.9 Å². The first-order valence-corrected chi connectivity index (χ1v) is 10.3. The average Bonchev–Trinajstić information content (AvgIpc) is 2.68. The summed E-state index contributed by atoms with van der Waals surface area (Å²) >= 11 is 0. The number of likely N-dealkylation sites (N-methyl/N-ethyl adjacent to an activating group) is 1. The normalized spacial score (nSPS) is 11.3. The topological polar surface area (TPSA) is 84.9 Å².